The molecule has 1 aliphatic rings. The Bertz CT molecular complexity index is 418. The molecule has 2 rings (SSSR count). The highest BCUT2D eigenvalue weighted by atomic mass is 16.3. The van der Waals surface area contributed by atoms with Crippen molar-refractivity contribution < 1.29 is 9.90 Å². The molecule has 1 aromatic carbocycles. The second kappa shape index (κ2) is 7.29. The number of aliphatic hydroxyl groups is 1. The third-order valence-corrected chi connectivity index (χ3v) is 3.77. The Morgan fingerprint density at radius 2 is 2.05 bits per heavy atom. The highest BCUT2D eigenvalue weighted by Gasteiger charge is 2.33. The fourth-order valence-electron chi connectivity index (χ4n) is 2.31. The highest BCUT2D eigenvalue weighted by Crippen LogP contribution is 2.40. The summed E-state index contributed by atoms with van der Waals surface area (Å²) in [7, 11) is 0. The van der Waals surface area contributed by atoms with Gasteiger partial charge in [0.25, 0.3) is 0 Å². The van der Waals surface area contributed by atoms with Crippen LogP contribution in [0.15, 0.2) is 30.3 Å². The van der Waals surface area contributed by atoms with Crippen molar-refractivity contribution in [3.05, 3.63) is 35.9 Å². The molecule has 0 spiro atoms. The molecule has 0 aliphatic heterocycles. The lowest BCUT2D eigenvalue weighted by molar-refractivity contribution is 0.160. The first-order chi connectivity index (χ1) is 9.70. The number of amides is 2. The number of nitrogens with one attached hydrogen (secondary N) is 2. The molecule has 3 N–H and O–H groups in total. The molecule has 2 unspecified atom stereocenters. The molecule has 0 radical (unpaired) electrons. The van der Waals surface area contributed by atoms with Crippen molar-refractivity contribution in [2.45, 2.75) is 44.8 Å². The van der Waals surface area contributed by atoms with E-state index < -0.39 is 0 Å². The summed E-state index contributed by atoms with van der Waals surface area (Å²) in [4.78, 5) is 11.9. The zero-order valence-electron chi connectivity index (χ0n) is 12.0. The molecule has 20 heavy (non-hydrogen) atoms. The van der Waals surface area contributed by atoms with Crippen molar-refractivity contribution in [1.82, 2.24) is 10.6 Å². The average molecular weight is 276 g/mol. The average Bonchev–Trinajstić information content (AvgIpc) is 3.30. The number of hydrogen-bond acceptors (Lipinski definition) is 2. The third kappa shape index (κ3) is 4.53. The van der Waals surface area contributed by atoms with E-state index in [0.29, 0.717) is 18.9 Å². The Hall–Kier alpha value is -1.55. The zero-order valence-corrected chi connectivity index (χ0v) is 12.0. The van der Waals surface area contributed by atoms with E-state index in [1.807, 2.05) is 25.1 Å². The fourth-order valence-corrected chi connectivity index (χ4v) is 2.31. The van der Waals surface area contributed by atoms with E-state index in [9.17, 15) is 9.90 Å². The van der Waals surface area contributed by atoms with Crippen LogP contribution in [-0.2, 0) is 0 Å². The molecule has 1 aliphatic carbocycles. The van der Waals surface area contributed by atoms with Crippen molar-refractivity contribution in [2.75, 3.05) is 6.54 Å². The van der Waals surface area contributed by atoms with Gasteiger partial charge in [0.1, 0.15) is 0 Å². The first-order valence-electron chi connectivity index (χ1n) is 7.48. The number of rotatable bonds is 7. The van der Waals surface area contributed by atoms with Crippen molar-refractivity contribution in [3.8, 4) is 0 Å². The monoisotopic (exact) mass is 276 g/mol. The topological polar surface area (TPSA) is 61.4 Å². The lowest BCUT2D eigenvalue weighted by Crippen LogP contribution is -2.39. The molecule has 2 amide bonds. The van der Waals surface area contributed by atoms with Crippen LogP contribution in [-0.4, -0.2) is 23.8 Å². The van der Waals surface area contributed by atoms with Gasteiger partial charge in [-0.1, -0.05) is 37.3 Å². The summed E-state index contributed by atoms with van der Waals surface area (Å²) in [6, 6.07) is 10.1. The minimum absolute atomic E-state index is 0.104. The second-order valence-corrected chi connectivity index (χ2v) is 5.48. The Balaban J connectivity index is 1.81. The van der Waals surface area contributed by atoms with E-state index >= 15 is 0 Å². The van der Waals surface area contributed by atoms with Crippen LogP contribution in [0, 0.1) is 5.92 Å². The molecule has 4 nitrogen and oxygen atoms in total. The van der Waals surface area contributed by atoms with Gasteiger partial charge in [-0.15, -0.1) is 0 Å². The van der Waals surface area contributed by atoms with Gasteiger partial charge in [0.05, 0.1) is 12.1 Å². The number of urea groups is 1. The van der Waals surface area contributed by atoms with Gasteiger partial charge in [-0.25, -0.2) is 4.79 Å². The molecule has 1 saturated carbocycles. The van der Waals surface area contributed by atoms with Crippen LogP contribution in [0.2, 0.25) is 0 Å². The molecule has 0 bridgehead atoms. The first-order valence-corrected chi connectivity index (χ1v) is 7.48. The van der Waals surface area contributed by atoms with Crippen LogP contribution >= 0.6 is 0 Å². The van der Waals surface area contributed by atoms with Crippen molar-refractivity contribution >= 4 is 6.03 Å². The van der Waals surface area contributed by atoms with Gasteiger partial charge in [0.2, 0.25) is 0 Å². The first kappa shape index (κ1) is 14.9. The summed E-state index contributed by atoms with van der Waals surface area (Å²) in [5.74, 6) is 0.560. The summed E-state index contributed by atoms with van der Waals surface area (Å²) < 4.78 is 0. The Kier molecular flexibility index (Phi) is 5.41. The van der Waals surface area contributed by atoms with Crippen LogP contribution < -0.4 is 10.6 Å². The number of hydrogen-bond donors (Lipinski definition) is 3. The highest BCUT2D eigenvalue weighted by molar-refractivity contribution is 5.74. The maximum atomic E-state index is 11.9. The van der Waals surface area contributed by atoms with Crippen molar-refractivity contribution in [2.24, 2.45) is 5.92 Å². The van der Waals surface area contributed by atoms with Crippen molar-refractivity contribution in [1.29, 1.82) is 0 Å². The van der Waals surface area contributed by atoms with Gasteiger partial charge < -0.3 is 15.7 Å². The summed E-state index contributed by atoms with van der Waals surface area (Å²) in [6.45, 7) is 2.44. The van der Waals surface area contributed by atoms with E-state index in [1.165, 1.54) is 18.4 Å². The standard InChI is InChI=1S/C16H24N2O2/c1-2-14(19)10-11-17-16(20)18-15(13-8-9-13)12-6-4-3-5-7-12/h3-7,13-15,19H,2,8-11H2,1H3,(H2,17,18,20). The van der Waals surface area contributed by atoms with E-state index in [4.69, 9.17) is 0 Å². The molecule has 1 aromatic rings. The molecule has 4 heteroatoms. The SMILES string of the molecule is CCC(O)CCNC(=O)NC(c1ccccc1)C1CC1. The molecule has 110 valence electrons. The van der Waals surface area contributed by atoms with E-state index in [-0.39, 0.29) is 18.2 Å². The summed E-state index contributed by atoms with van der Waals surface area (Å²) in [5, 5.41) is 15.3. The number of carbonyl (C=O) groups is 1. The normalized spacial score (nSPS) is 17.3. The molecule has 0 saturated heterocycles. The van der Waals surface area contributed by atoms with Gasteiger partial charge in [0, 0.05) is 6.54 Å². The summed E-state index contributed by atoms with van der Waals surface area (Å²) in [5.41, 5.74) is 1.17. The van der Waals surface area contributed by atoms with Crippen LogP contribution in [0.4, 0.5) is 4.79 Å². The predicted octanol–water partition coefficient (Wildman–Crippen LogP) is 2.60. The molecular formula is C16H24N2O2. The maximum Gasteiger partial charge on any atom is 0.315 e. The largest absolute Gasteiger partial charge is 0.393 e. The minimum Gasteiger partial charge on any atom is -0.393 e. The lowest BCUT2D eigenvalue weighted by Gasteiger charge is -2.19. The second-order valence-electron chi connectivity index (χ2n) is 5.48. The van der Waals surface area contributed by atoms with Gasteiger partial charge in [-0.05, 0) is 37.2 Å². The minimum atomic E-state index is -0.330. The molecule has 0 aromatic heterocycles. The van der Waals surface area contributed by atoms with Gasteiger partial charge >= 0.3 is 6.03 Å². The summed E-state index contributed by atoms with van der Waals surface area (Å²) >= 11 is 0. The molecule has 1 fully saturated rings. The van der Waals surface area contributed by atoms with E-state index in [0.717, 1.165) is 6.42 Å². The van der Waals surface area contributed by atoms with Gasteiger partial charge in [0.15, 0.2) is 0 Å². The molecule has 0 heterocycles. The van der Waals surface area contributed by atoms with Gasteiger partial charge in [-0.2, -0.15) is 0 Å². The number of carbonyl (C=O) groups excluding carboxylic acids is 1. The van der Waals surface area contributed by atoms with E-state index in [2.05, 4.69) is 22.8 Å². The van der Waals surface area contributed by atoms with E-state index in [1.54, 1.807) is 0 Å². The smallest absolute Gasteiger partial charge is 0.315 e. The van der Waals surface area contributed by atoms with Crippen LogP contribution in [0.5, 0.6) is 0 Å². The van der Waals surface area contributed by atoms with Gasteiger partial charge in [-0.3, -0.25) is 0 Å². The quantitative estimate of drug-likeness (QED) is 0.717. The fraction of sp³-hybridized carbons (Fsp3) is 0.562. The number of benzene rings is 1. The zero-order chi connectivity index (χ0) is 14.4. The Labute approximate surface area is 120 Å². The third-order valence-electron chi connectivity index (χ3n) is 3.77. The van der Waals surface area contributed by atoms with Crippen LogP contribution in [0.3, 0.4) is 0 Å². The Morgan fingerprint density at radius 1 is 1.35 bits per heavy atom. The van der Waals surface area contributed by atoms with Crippen molar-refractivity contribution in [3.63, 3.8) is 0 Å². The summed E-state index contributed by atoms with van der Waals surface area (Å²) in [6.07, 6.45) is 3.34. The number of aliphatic hydroxyl groups excluding tert-OH is 1. The lowest BCUT2D eigenvalue weighted by atomic mass is 10.0. The maximum absolute atomic E-state index is 11.9. The van der Waals surface area contributed by atoms with Crippen LogP contribution in [0.25, 0.3) is 0 Å². The molecule has 2 atom stereocenters. The Morgan fingerprint density at radius 3 is 2.65 bits per heavy atom. The predicted molar refractivity (Wildman–Crippen MR) is 79.4 cm³/mol. The van der Waals surface area contributed by atoms with Crippen LogP contribution in [0.1, 0.15) is 44.2 Å². The molecular weight excluding hydrogens is 252 g/mol.